The Morgan fingerprint density at radius 3 is 2.59 bits per heavy atom. The standard InChI is InChI=1S/C14H26N2O/c1-11-5-6-12(9-11)16-13(17)10-14(15)7-3-2-4-8-14/h11-12H,2-10,15H2,1H3,(H,16,17). The first kappa shape index (κ1) is 12.9. The molecule has 0 aromatic rings. The maximum absolute atomic E-state index is 12.0. The third-order valence-corrected chi connectivity index (χ3v) is 4.42. The number of carbonyl (C=O) groups excluding carboxylic acids is 1. The molecule has 98 valence electrons. The van der Waals surface area contributed by atoms with Gasteiger partial charge in [-0.15, -0.1) is 0 Å². The first-order chi connectivity index (χ1) is 8.07. The highest BCUT2D eigenvalue weighted by Crippen LogP contribution is 2.29. The molecule has 0 spiro atoms. The Morgan fingerprint density at radius 2 is 2.00 bits per heavy atom. The maximum atomic E-state index is 12.0. The van der Waals surface area contributed by atoms with Gasteiger partial charge in [0.05, 0.1) is 0 Å². The summed E-state index contributed by atoms with van der Waals surface area (Å²) >= 11 is 0. The van der Waals surface area contributed by atoms with Crippen molar-refractivity contribution in [1.82, 2.24) is 5.32 Å². The quantitative estimate of drug-likeness (QED) is 0.793. The molecule has 0 aliphatic heterocycles. The maximum Gasteiger partial charge on any atom is 0.222 e. The number of carbonyl (C=O) groups is 1. The molecule has 0 heterocycles. The highest BCUT2D eigenvalue weighted by atomic mass is 16.1. The highest BCUT2D eigenvalue weighted by Gasteiger charge is 2.31. The van der Waals surface area contributed by atoms with Crippen LogP contribution in [0.15, 0.2) is 0 Å². The summed E-state index contributed by atoms with van der Waals surface area (Å²) < 4.78 is 0. The molecule has 2 aliphatic carbocycles. The van der Waals surface area contributed by atoms with Crippen LogP contribution in [0.1, 0.15) is 64.7 Å². The van der Waals surface area contributed by atoms with Gasteiger partial charge in [-0.05, 0) is 38.0 Å². The number of amides is 1. The topological polar surface area (TPSA) is 55.1 Å². The van der Waals surface area contributed by atoms with Gasteiger partial charge in [0.25, 0.3) is 0 Å². The van der Waals surface area contributed by atoms with E-state index < -0.39 is 0 Å². The fourth-order valence-electron chi connectivity index (χ4n) is 3.37. The zero-order valence-electron chi connectivity index (χ0n) is 11.0. The van der Waals surface area contributed by atoms with Gasteiger partial charge in [-0.2, -0.15) is 0 Å². The van der Waals surface area contributed by atoms with Crippen LogP contribution in [0.25, 0.3) is 0 Å². The van der Waals surface area contributed by atoms with Crippen molar-refractivity contribution >= 4 is 5.91 Å². The molecule has 3 N–H and O–H groups in total. The Bertz CT molecular complexity index is 271. The van der Waals surface area contributed by atoms with E-state index in [9.17, 15) is 4.79 Å². The average molecular weight is 238 g/mol. The first-order valence-electron chi connectivity index (χ1n) is 7.16. The van der Waals surface area contributed by atoms with E-state index in [1.807, 2.05) is 0 Å². The third kappa shape index (κ3) is 3.70. The van der Waals surface area contributed by atoms with E-state index in [-0.39, 0.29) is 11.4 Å². The SMILES string of the molecule is CC1CCC(NC(=O)CC2(N)CCCCC2)C1. The van der Waals surface area contributed by atoms with Crippen LogP contribution in [0.4, 0.5) is 0 Å². The molecule has 0 saturated heterocycles. The zero-order valence-corrected chi connectivity index (χ0v) is 11.0. The van der Waals surface area contributed by atoms with Crippen LogP contribution in [-0.2, 0) is 4.79 Å². The van der Waals surface area contributed by atoms with E-state index in [0.29, 0.717) is 12.5 Å². The molecule has 17 heavy (non-hydrogen) atoms. The summed E-state index contributed by atoms with van der Waals surface area (Å²) in [7, 11) is 0. The van der Waals surface area contributed by atoms with E-state index >= 15 is 0 Å². The second-order valence-electron chi connectivity index (χ2n) is 6.28. The lowest BCUT2D eigenvalue weighted by Gasteiger charge is -2.33. The summed E-state index contributed by atoms with van der Waals surface area (Å²) in [5.41, 5.74) is 6.08. The van der Waals surface area contributed by atoms with Crippen LogP contribution < -0.4 is 11.1 Å². The third-order valence-electron chi connectivity index (χ3n) is 4.42. The van der Waals surface area contributed by atoms with Gasteiger partial charge in [0.15, 0.2) is 0 Å². The molecular formula is C14H26N2O. The van der Waals surface area contributed by atoms with Crippen molar-refractivity contribution in [1.29, 1.82) is 0 Å². The van der Waals surface area contributed by atoms with Gasteiger partial charge >= 0.3 is 0 Å². The van der Waals surface area contributed by atoms with Gasteiger partial charge < -0.3 is 11.1 Å². The van der Waals surface area contributed by atoms with Crippen molar-refractivity contribution in [2.45, 2.75) is 76.3 Å². The van der Waals surface area contributed by atoms with E-state index in [1.54, 1.807) is 0 Å². The zero-order chi connectivity index (χ0) is 12.3. The molecule has 1 amide bonds. The molecule has 3 nitrogen and oxygen atoms in total. The van der Waals surface area contributed by atoms with Gasteiger partial charge in [-0.1, -0.05) is 26.2 Å². The summed E-state index contributed by atoms with van der Waals surface area (Å²) in [5, 5.41) is 3.16. The summed E-state index contributed by atoms with van der Waals surface area (Å²) in [6.45, 7) is 2.26. The minimum absolute atomic E-state index is 0.175. The van der Waals surface area contributed by atoms with Gasteiger partial charge in [-0.25, -0.2) is 0 Å². The summed E-state index contributed by atoms with van der Waals surface area (Å²) in [4.78, 5) is 12.0. The Labute approximate surface area is 105 Å². The minimum Gasteiger partial charge on any atom is -0.353 e. The lowest BCUT2D eigenvalue weighted by Crippen LogP contribution is -2.47. The molecular weight excluding hydrogens is 212 g/mol. The lowest BCUT2D eigenvalue weighted by molar-refractivity contribution is -0.123. The van der Waals surface area contributed by atoms with Gasteiger partial charge in [0, 0.05) is 18.0 Å². The van der Waals surface area contributed by atoms with Crippen LogP contribution in [0, 0.1) is 5.92 Å². The largest absolute Gasteiger partial charge is 0.353 e. The van der Waals surface area contributed by atoms with E-state index in [1.165, 1.54) is 25.7 Å². The summed E-state index contributed by atoms with van der Waals surface area (Å²) in [6, 6.07) is 0.407. The van der Waals surface area contributed by atoms with Crippen molar-refractivity contribution in [3.63, 3.8) is 0 Å². The van der Waals surface area contributed by atoms with Crippen molar-refractivity contribution in [3.05, 3.63) is 0 Å². The molecule has 2 atom stereocenters. The Morgan fingerprint density at radius 1 is 1.29 bits per heavy atom. The molecule has 0 aromatic carbocycles. The van der Waals surface area contributed by atoms with Crippen LogP contribution in [0.3, 0.4) is 0 Å². The van der Waals surface area contributed by atoms with E-state index in [0.717, 1.165) is 31.6 Å². The second kappa shape index (κ2) is 5.38. The molecule has 2 fully saturated rings. The molecule has 2 aliphatic rings. The van der Waals surface area contributed by atoms with Crippen LogP contribution in [0.2, 0.25) is 0 Å². The lowest BCUT2D eigenvalue weighted by atomic mass is 9.80. The van der Waals surface area contributed by atoms with Crippen molar-refractivity contribution in [3.8, 4) is 0 Å². The van der Waals surface area contributed by atoms with E-state index in [2.05, 4.69) is 12.2 Å². The fourth-order valence-corrected chi connectivity index (χ4v) is 3.37. The predicted molar refractivity (Wildman–Crippen MR) is 69.6 cm³/mol. The summed E-state index contributed by atoms with van der Waals surface area (Å²) in [5.74, 6) is 0.940. The summed E-state index contributed by atoms with van der Waals surface area (Å²) in [6.07, 6.45) is 9.74. The Balaban J connectivity index is 1.76. The van der Waals surface area contributed by atoms with Gasteiger partial charge in [-0.3, -0.25) is 4.79 Å². The average Bonchev–Trinajstić information content (AvgIpc) is 2.63. The number of hydrogen-bond donors (Lipinski definition) is 2. The van der Waals surface area contributed by atoms with Crippen molar-refractivity contribution < 1.29 is 4.79 Å². The minimum atomic E-state index is -0.216. The second-order valence-corrected chi connectivity index (χ2v) is 6.28. The van der Waals surface area contributed by atoms with Gasteiger partial charge in [0.2, 0.25) is 5.91 Å². The number of nitrogens with one attached hydrogen (secondary N) is 1. The van der Waals surface area contributed by atoms with E-state index in [4.69, 9.17) is 5.73 Å². The van der Waals surface area contributed by atoms with Crippen LogP contribution in [0.5, 0.6) is 0 Å². The molecule has 3 heteroatoms. The predicted octanol–water partition coefficient (Wildman–Crippen LogP) is 2.34. The Hall–Kier alpha value is -0.570. The Kier molecular flexibility index (Phi) is 4.08. The number of hydrogen-bond acceptors (Lipinski definition) is 2. The molecule has 0 radical (unpaired) electrons. The normalized spacial score (nSPS) is 32.4. The molecule has 0 bridgehead atoms. The monoisotopic (exact) mass is 238 g/mol. The van der Waals surface area contributed by atoms with Crippen molar-refractivity contribution in [2.24, 2.45) is 11.7 Å². The number of nitrogens with two attached hydrogens (primary N) is 1. The fraction of sp³-hybridized carbons (Fsp3) is 0.929. The van der Waals surface area contributed by atoms with Crippen LogP contribution in [-0.4, -0.2) is 17.5 Å². The van der Waals surface area contributed by atoms with Gasteiger partial charge in [0.1, 0.15) is 0 Å². The highest BCUT2D eigenvalue weighted by molar-refractivity contribution is 5.77. The smallest absolute Gasteiger partial charge is 0.222 e. The first-order valence-corrected chi connectivity index (χ1v) is 7.16. The molecule has 2 unspecified atom stereocenters. The molecule has 2 rings (SSSR count). The number of rotatable bonds is 3. The van der Waals surface area contributed by atoms with Crippen molar-refractivity contribution in [2.75, 3.05) is 0 Å². The van der Waals surface area contributed by atoms with Crippen LogP contribution >= 0.6 is 0 Å². The molecule has 2 saturated carbocycles. The molecule has 0 aromatic heterocycles.